The maximum absolute atomic E-state index is 9.74. The molecule has 2 aromatic rings. The van der Waals surface area contributed by atoms with Crippen molar-refractivity contribution in [2.75, 3.05) is 0 Å². The number of rotatable bonds is 3. The van der Waals surface area contributed by atoms with Crippen LogP contribution < -0.4 is 0 Å². The summed E-state index contributed by atoms with van der Waals surface area (Å²) in [5.41, 5.74) is 3.18. The second-order valence-electron chi connectivity index (χ2n) is 3.82. The van der Waals surface area contributed by atoms with Crippen LogP contribution in [0.3, 0.4) is 0 Å². The quantitative estimate of drug-likeness (QED) is 0.863. The number of pyridine rings is 1. The average molecular weight is 225 g/mol. The van der Waals surface area contributed by atoms with E-state index in [1.165, 1.54) is 5.57 Å². The number of hydrogen-bond acceptors (Lipinski definition) is 2. The molecule has 0 aliphatic carbocycles. The van der Waals surface area contributed by atoms with Crippen molar-refractivity contribution in [2.24, 2.45) is 0 Å². The summed E-state index contributed by atoms with van der Waals surface area (Å²) in [6.07, 6.45) is 6.50. The molecule has 86 valence electrons. The zero-order valence-electron chi connectivity index (χ0n) is 9.80. The van der Waals surface area contributed by atoms with Crippen molar-refractivity contribution in [1.82, 2.24) is 4.98 Å². The highest BCUT2D eigenvalue weighted by Gasteiger charge is 2.01. The van der Waals surface area contributed by atoms with Crippen LogP contribution in [-0.2, 0) is 0 Å². The Balaban J connectivity index is 2.40. The summed E-state index contributed by atoms with van der Waals surface area (Å²) in [5.74, 6) is 0.313. The Morgan fingerprint density at radius 2 is 1.88 bits per heavy atom. The van der Waals surface area contributed by atoms with E-state index in [1.807, 2.05) is 36.4 Å². The predicted molar refractivity (Wildman–Crippen MR) is 70.5 cm³/mol. The Morgan fingerprint density at radius 1 is 1.18 bits per heavy atom. The normalized spacial score (nSPS) is 11.5. The molecule has 0 fully saturated rings. The lowest BCUT2D eigenvalue weighted by molar-refractivity contribution is 0.474. The van der Waals surface area contributed by atoms with E-state index in [0.717, 1.165) is 17.5 Å². The predicted octanol–water partition coefficient (Wildman–Crippen LogP) is 3.74. The summed E-state index contributed by atoms with van der Waals surface area (Å²) >= 11 is 0. The monoisotopic (exact) mass is 225 g/mol. The van der Waals surface area contributed by atoms with Gasteiger partial charge in [0.1, 0.15) is 5.75 Å². The van der Waals surface area contributed by atoms with Crippen molar-refractivity contribution in [3.05, 3.63) is 59.9 Å². The summed E-state index contributed by atoms with van der Waals surface area (Å²) in [4.78, 5) is 4.01. The number of aromatic nitrogens is 1. The Labute approximate surface area is 101 Å². The first-order valence-corrected chi connectivity index (χ1v) is 5.70. The Bertz CT molecular complexity index is 517. The van der Waals surface area contributed by atoms with Crippen LogP contribution in [0.2, 0.25) is 0 Å². The van der Waals surface area contributed by atoms with Crippen molar-refractivity contribution in [3.63, 3.8) is 0 Å². The zero-order valence-corrected chi connectivity index (χ0v) is 9.80. The van der Waals surface area contributed by atoms with Gasteiger partial charge in [0.2, 0.25) is 0 Å². The minimum absolute atomic E-state index is 0.313. The first-order valence-electron chi connectivity index (χ1n) is 5.70. The van der Waals surface area contributed by atoms with E-state index in [1.54, 1.807) is 18.5 Å². The highest BCUT2D eigenvalue weighted by molar-refractivity contribution is 5.82. The third-order valence-electron chi connectivity index (χ3n) is 2.70. The van der Waals surface area contributed by atoms with Gasteiger partial charge in [-0.25, -0.2) is 0 Å². The van der Waals surface area contributed by atoms with Gasteiger partial charge in [0, 0.05) is 18.0 Å². The molecule has 0 saturated heterocycles. The fraction of sp³-hybridized carbons (Fsp3) is 0.133. The lowest BCUT2D eigenvalue weighted by Gasteiger charge is -2.05. The lowest BCUT2D eigenvalue weighted by atomic mass is 10.0. The standard InChI is InChI=1S/C15H15NO/c1-2-12(13-7-9-16-10-8-13)11-14-5-3-4-6-15(14)17/h3-11,17H,2H2,1H3. The van der Waals surface area contributed by atoms with E-state index < -0.39 is 0 Å². The van der Waals surface area contributed by atoms with Crippen LogP contribution in [0.25, 0.3) is 11.6 Å². The van der Waals surface area contributed by atoms with E-state index in [2.05, 4.69) is 11.9 Å². The van der Waals surface area contributed by atoms with Gasteiger partial charge >= 0.3 is 0 Å². The molecule has 1 aromatic heterocycles. The second kappa shape index (κ2) is 5.30. The van der Waals surface area contributed by atoms with E-state index >= 15 is 0 Å². The summed E-state index contributed by atoms with van der Waals surface area (Å²) in [6.45, 7) is 2.10. The fourth-order valence-electron chi connectivity index (χ4n) is 1.75. The van der Waals surface area contributed by atoms with Gasteiger partial charge in [-0.1, -0.05) is 25.1 Å². The van der Waals surface area contributed by atoms with Crippen molar-refractivity contribution in [2.45, 2.75) is 13.3 Å². The minimum Gasteiger partial charge on any atom is -0.507 e. The van der Waals surface area contributed by atoms with Gasteiger partial charge in [-0.2, -0.15) is 0 Å². The zero-order chi connectivity index (χ0) is 12.1. The van der Waals surface area contributed by atoms with Crippen LogP contribution in [-0.4, -0.2) is 10.1 Å². The van der Waals surface area contributed by atoms with Crippen LogP contribution >= 0.6 is 0 Å². The highest BCUT2D eigenvalue weighted by Crippen LogP contribution is 2.25. The Hall–Kier alpha value is -2.09. The van der Waals surface area contributed by atoms with E-state index in [9.17, 15) is 5.11 Å². The minimum atomic E-state index is 0.313. The third-order valence-corrected chi connectivity index (χ3v) is 2.70. The summed E-state index contributed by atoms with van der Waals surface area (Å²) in [5, 5.41) is 9.74. The number of para-hydroxylation sites is 1. The second-order valence-corrected chi connectivity index (χ2v) is 3.82. The highest BCUT2D eigenvalue weighted by atomic mass is 16.3. The van der Waals surface area contributed by atoms with Crippen LogP contribution in [0.1, 0.15) is 24.5 Å². The smallest absolute Gasteiger partial charge is 0.122 e. The largest absolute Gasteiger partial charge is 0.507 e. The number of aromatic hydroxyl groups is 1. The topological polar surface area (TPSA) is 33.1 Å². The fourth-order valence-corrected chi connectivity index (χ4v) is 1.75. The molecule has 0 radical (unpaired) electrons. The van der Waals surface area contributed by atoms with Crippen molar-refractivity contribution < 1.29 is 5.11 Å². The molecular weight excluding hydrogens is 210 g/mol. The van der Waals surface area contributed by atoms with Crippen LogP contribution in [0.4, 0.5) is 0 Å². The van der Waals surface area contributed by atoms with Gasteiger partial charge in [0.05, 0.1) is 0 Å². The summed E-state index contributed by atoms with van der Waals surface area (Å²) in [7, 11) is 0. The van der Waals surface area contributed by atoms with E-state index in [4.69, 9.17) is 0 Å². The lowest BCUT2D eigenvalue weighted by Crippen LogP contribution is -1.84. The molecule has 0 amide bonds. The number of nitrogens with zero attached hydrogens (tertiary/aromatic N) is 1. The van der Waals surface area contributed by atoms with Gasteiger partial charge < -0.3 is 5.11 Å². The first-order chi connectivity index (χ1) is 8.31. The Morgan fingerprint density at radius 3 is 2.53 bits per heavy atom. The van der Waals surface area contributed by atoms with Gasteiger partial charge in [-0.05, 0) is 41.8 Å². The van der Waals surface area contributed by atoms with Gasteiger partial charge in [-0.15, -0.1) is 0 Å². The van der Waals surface area contributed by atoms with Crippen molar-refractivity contribution >= 4 is 11.6 Å². The van der Waals surface area contributed by atoms with Crippen molar-refractivity contribution in [3.8, 4) is 5.75 Å². The molecular formula is C15H15NO. The molecule has 17 heavy (non-hydrogen) atoms. The molecule has 0 spiro atoms. The number of phenols is 1. The Kier molecular flexibility index (Phi) is 3.55. The van der Waals surface area contributed by atoms with Gasteiger partial charge in [0.15, 0.2) is 0 Å². The van der Waals surface area contributed by atoms with E-state index in [-0.39, 0.29) is 0 Å². The molecule has 0 aliphatic rings. The number of hydrogen-bond donors (Lipinski definition) is 1. The maximum atomic E-state index is 9.74. The van der Waals surface area contributed by atoms with Gasteiger partial charge in [0.25, 0.3) is 0 Å². The summed E-state index contributed by atoms with van der Waals surface area (Å²) < 4.78 is 0. The average Bonchev–Trinajstić information content (AvgIpc) is 2.39. The maximum Gasteiger partial charge on any atom is 0.122 e. The molecule has 1 heterocycles. The van der Waals surface area contributed by atoms with E-state index in [0.29, 0.717) is 5.75 Å². The molecule has 0 bridgehead atoms. The molecule has 0 aliphatic heterocycles. The number of allylic oxidation sites excluding steroid dienone is 1. The first kappa shape index (κ1) is 11.4. The van der Waals surface area contributed by atoms with Crippen LogP contribution in [0, 0.1) is 0 Å². The molecule has 2 nitrogen and oxygen atoms in total. The molecule has 1 N–H and O–H groups in total. The molecule has 0 saturated carbocycles. The summed E-state index contributed by atoms with van der Waals surface area (Å²) in [6, 6.07) is 11.3. The van der Waals surface area contributed by atoms with Gasteiger partial charge in [-0.3, -0.25) is 4.98 Å². The number of phenolic OH excluding ortho intramolecular Hbond substituents is 1. The third kappa shape index (κ3) is 2.72. The molecule has 0 unspecified atom stereocenters. The number of benzene rings is 1. The molecule has 2 rings (SSSR count). The van der Waals surface area contributed by atoms with Crippen molar-refractivity contribution in [1.29, 1.82) is 0 Å². The SMILES string of the molecule is CCC(=Cc1ccccc1O)c1ccncc1. The van der Waals surface area contributed by atoms with Crippen LogP contribution in [0.5, 0.6) is 5.75 Å². The molecule has 1 aromatic carbocycles. The molecule has 0 atom stereocenters. The van der Waals surface area contributed by atoms with Crippen LogP contribution in [0.15, 0.2) is 48.8 Å². The molecule has 2 heteroatoms.